The first-order valence-electron chi connectivity index (χ1n) is 5.12. The molecule has 0 bridgehead atoms. The van der Waals surface area contributed by atoms with Crippen molar-refractivity contribution in [1.29, 1.82) is 5.26 Å². The van der Waals surface area contributed by atoms with Crippen LogP contribution in [0.1, 0.15) is 25.0 Å². The SMILES string of the molecule is C[C@H](O)c1ccc(N(C)CCC#N)c(F)c1. The van der Waals surface area contributed by atoms with Crippen molar-refractivity contribution in [1.82, 2.24) is 0 Å². The molecule has 0 aliphatic carbocycles. The highest BCUT2D eigenvalue weighted by atomic mass is 19.1. The normalized spacial score (nSPS) is 11.9. The lowest BCUT2D eigenvalue weighted by Crippen LogP contribution is -2.19. The van der Waals surface area contributed by atoms with Gasteiger partial charge in [0.15, 0.2) is 0 Å². The van der Waals surface area contributed by atoms with Gasteiger partial charge in [0.2, 0.25) is 0 Å². The van der Waals surface area contributed by atoms with E-state index in [0.717, 1.165) is 0 Å². The number of benzene rings is 1. The zero-order valence-electron chi connectivity index (χ0n) is 9.44. The van der Waals surface area contributed by atoms with Gasteiger partial charge >= 0.3 is 0 Å². The van der Waals surface area contributed by atoms with Crippen molar-refractivity contribution >= 4 is 5.69 Å². The fourth-order valence-corrected chi connectivity index (χ4v) is 1.43. The van der Waals surface area contributed by atoms with Crippen molar-refractivity contribution < 1.29 is 9.50 Å². The van der Waals surface area contributed by atoms with Crippen LogP contribution < -0.4 is 4.90 Å². The van der Waals surface area contributed by atoms with E-state index in [1.54, 1.807) is 31.0 Å². The summed E-state index contributed by atoms with van der Waals surface area (Å²) in [7, 11) is 1.73. The van der Waals surface area contributed by atoms with Gasteiger partial charge in [0, 0.05) is 13.6 Å². The van der Waals surface area contributed by atoms with E-state index >= 15 is 0 Å². The van der Waals surface area contributed by atoms with Crippen LogP contribution in [0, 0.1) is 17.1 Å². The second-order valence-corrected chi connectivity index (χ2v) is 3.72. The van der Waals surface area contributed by atoms with Crippen molar-refractivity contribution in [3.63, 3.8) is 0 Å². The van der Waals surface area contributed by atoms with Crippen LogP contribution in [-0.4, -0.2) is 18.7 Å². The number of hydrogen-bond acceptors (Lipinski definition) is 3. The van der Waals surface area contributed by atoms with Gasteiger partial charge in [-0.25, -0.2) is 4.39 Å². The maximum absolute atomic E-state index is 13.7. The molecule has 0 amide bonds. The highest BCUT2D eigenvalue weighted by Gasteiger charge is 2.10. The first-order valence-corrected chi connectivity index (χ1v) is 5.12. The molecule has 0 saturated heterocycles. The molecule has 4 heteroatoms. The third-order valence-electron chi connectivity index (χ3n) is 2.42. The molecule has 0 fully saturated rings. The summed E-state index contributed by atoms with van der Waals surface area (Å²) in [6, 6.07) is 6.64. The van der Waals surface area contributed by atoms with Gasteiger partial charge in [0.25, 0.3) is 0 Å². The summed E-state index contributed by atoms with van der Waals surface area (Å²) in [4.78, 5) is 1.68. The Morgan fingerprint density at radius 3 is 2.75 bits per heavy atom. The molecule has 16 heavy (non-hydrogen) atoms. The molecular formula is C12H15FN2O. The van der Waals surface area contributed by atoms with Gasteiger partial charge in [-0.15, -0.1) is 0 Å². The molecular weight excluding hydrogens is 207 g/mol. The number of nitrogens with zero attached hydrogens (tertiary/aromatic N) is 2. The van der Waals surface area contributed by atoms with E-state index in [1.807, 2.05) is 6.07 Å². The molecule has 0 aliphatic heterocycles. The van der Waals surface area contributed by atoms with Crippen LogP contribution >= 0.6 is 0 Å². The van der Waals surface area contributed by atoms with Crippen molar-refractivity contribution in [2.75, 3.05) is 18.5 Å². The summed E-state index contributed by atoms with van der Waals surface area (Å²) in [5, 5.41) is 17.7. The number of halogens is 1. The second kappa shape index (κ2) is 5.47. The van der Waals surface area contributed by atoms with Gasteiger partial charge in [-0.2, -0.15) is 5.26 Å². The zero-order chi connectivity index (χ0) is 12.1. The number of hydrogen-bond donors (Lipinski definition) is 1. The van der Waals surface area contributed by atoms with Crippen LogP contribution in [-0.2, 0) is 0 Å². The molecule has 1 atom stereocenters. The molecule has 0 aromatic heterocycles. The Hall–Kier alpha value is -1.60. The maximum Gasteiger partial charge on any atom is 0.146 e. The van der Waals surface area contributed by atoms with E-state index in [9.17, 15) is 9.50 Å². The minimum Gasteiger partial charge on any atom is -0.389 e. The standard InChI is InChI=1S/C12H15FN2O/c1-9(16)10-4-5-12(11(13)8-10)15(2)7-3-6-14/h4-5,8-9,16H,3,7H2,1-2H3/t9-/m0/s1. The lowest BCUT2D eigenvalue weighted by Gasteiger charge is -2.19. The van der Waals surface area contributed by atoms with E-state index in [2.05, 4.69) is 0 Å². The molecule has 1 rings (SSSR count). The van der Waals surface area contributed by atoms with Crippen LogP contribution in [0.2, 0.25) is 0 Å². The summed E-state index contributed by atoms with van der Waals surface area (Å²) in [5.41, 5.74) is 0.995. The van der Waals surface area contributed by atoms with Crippen LogP contribution in [0.4, 0.5) is 10.1 Å². The smallest absolute Gasteiger partial charge is 0.146 e. The lowest BCUT2D eigenvalue weighted by atomic mass is 10.1. The topological polar surface area (TPSA) is 47.3 Å². The van der Waals surface area contributed by atoms with Gasteiger partial charge in [0.05, 0.1) is 24.3 Å². The predicted molar refractivity (Wildman–Crippen MR) is 60.5 cm³/mol. The Kier molecular flexibility index (Phi) is 4.27. The van der Waals surface area contributed by atoms with Crippen molar-refractivity contribution in [3.8, 4) is 6.07 Å². The quantitative estimate of drug-likeness (QED) is 0.849. The van der Waals surface area contributed by atoms with Gasteiger partial charge < -0.3 is 10.0 Å². The van der Waals surface area contributed by atoms with Gasteiger partial charge in [0.1, 0.15) is 5.82 Å². The summed E-state index contributed by atoms with van der Waals surface area (Å²) in [5.74, 6) is -0.376. The molecule has 0 unspecified atom stereocenters. The number of anilines is 1. The number of rotatable bonds is 4. The zero-order valence-corrected chi connectivity index (χ0v) is 9.44. The van der Waals surface area contributed by atoms with Crippen LogP contribution in [0.15, 0.2) is 18.2 Å². The first kappa shape index (κ1) is 12.5. The minimum absolute atomic E-state index is 0.355. The van der Waals surface area contributed by atoms with E-state index in [0.29, 0.717) is 24.2 Å². The van der Waals surface area contributed by atoms with Crippen molar-refractivity contribution in [2.24, 2.45) is 0 Å². The first-order chi connectivity index (χ1) is 7.56. The average Bonchev–Trinajstić information content (AvgIpc) is 2.25. The van der Waals surface area contributed by atoms with Crippen LogP contribution in [0.5, 0.6) is 0 Å². The highest BCUT2D eigenvalue weighted by Crippen LogP contribution is 2.22. The Morgan fingerprint density at radius 2 is 2.25 bits per heavy atom. The Labute approximate surface area is 94.7 Å². The molecule has 0 heterocycles. The van der Waals surface area contributed by atoms with E-state index < -0.39 is 6.10 Å². The molecule has 1 aromatic carbocycles. The van der Waals surface area contributed by atoms with Gasteiger partial charge in [-0.1, -0.05) is 6.07 Å². The van der Waals surface area contributed by atoms with E-state index in [4.69, 9.17) is 5.26 Å². The summed E-state index contributed by atoms with van der Waals surface area (Å²) in [6.45, 7) is 2.08. The average molecular weight is 222 g/mol. The third kappa shape index (κ3) is 2.94. The van der Waals surface area contributed by atoms with Crippen molar-refractivity contribution in [2.45, 2.75) is 19.4 Å². The number of aliphatic hydroxyl groups excluding tert-OH is 1. The predicted octanol–water partition coefficient (Wildman–Crippen LogP) is 2.23. The largest absolute Gasteiger partial charge is 0.389 e. The second-order valence-electron chi connectivity index (χ2n) is 3.72. The Bertz CT molecular complexity index is 398. The maximum atomic E-state index is 13.7. The number of aliphatic hydroxyl groups is 1. The van der Waals surface area contributed by atoms with Gasteiger partial charge in [-0.05, 0) is 24.6 Å². The third-order valence-corrected chi connectivity index (χ3v) is 2.42. The molecule has 86 valence electrons. The van der Waals surface area contributed by atoms with E-state index in [1.165, 1.54) is 6.07 Å². The highest BCUT2D eigenvalue weighted by molar-refractivity contribution is 5.48. The molecule has 0 radical (unpaired) electrons. The minimum atomic E-state index is -0.673. The lowest BCUT2D eigenvalue weighted by molar-refractivity contribution is 0.199. The fraction of sp³-hybridized carbons (Fsp3) is 0.417. The Morgan fingerprint density at radius 1 is 1.56 bits per heavy atom. The van der Waals surface area contributed by atoms with Crippen LogP contribution in [0.25, 0.3) is 0 Å². The Balaban J connectivity index is 2.86. The molecule has 3 nitrogen and oxygen atoms in total. The fourth-order valence-electron chi connectivity index (χ4n) is 1.43. The van der Waals surface area contributed by atoms with E-state index in [-0.39, 0.29) is 5.82 Å². The van der Waals surface area contributed by atoms with Gasteiger partial charge in [-0.3, -0.25) is 0 Å². The van der Waals surface area contributed by atoms with Crippen molar-refractivity contribution in [3.05, 3.63) is 29.6 Å². The summed E-state index contributed by atoms with van der Waals surface area (Å²) in [6.07, 6.45) is -0.318. The molecule has 1 N–H and O–H groups in total. The summed E-state index contributed by atoms with van der Waals surface area (Å²) < 4.78 is 13.7. The summed E-state index contributed by atoms with van der Waals surface area (Å²) >= 11 is 0. The molecule has 0 spiro atoms. The molecule has 0 aliphatic rings. The monoisotopic (exact) mass is 222 g/mol. The number of nitriles is 1. The van der Waals surface area contributed by atoms with Crippen LogP contribution in [0.3, 0.4) is 0 Å². The molecule has 0 saturated carbocycles. The molecule has 1 aromatic rings.